The topological polar surface area (TPSA) is 47.9 Å². The van der Waals surface area contributed by atoms with Crippen LogP contribution in [0, 0.1) is 0 Å². The summed E-state index contributed by atoms with van der Waals surface area (Å²) in [5.74, 6) is 1.69. The van der Waals surface area contributed by atoms with Gasteiger partial charge in [-0.15, -0.1) is 6.58 Å². The van der Waals surface area contributed by atoms with Crippen molar-refractivity contribution in [3.05, 3.63) is 30.4 Å². The zero-order valence-electron chi connectivity index (χ0n) is 11.1. The van der Waals surface area contributed by atoms with Crippen LogP contribution in [0.4, 0.5) is 0 Å². The molecule has 0 fully saturated rings. The fraction of sp³-hybridized carbons (Fsp3) is 0.429. The van der Waals surface area contributed by atoms with Crippen LogP contribution in [0.2, 0.25) is 0 Å². The van der Waals surface area contributed by atoms with E-state index in [0.717, 1.165) is 12.0 Å². The van der Waals surface area contributed by atoms with Gasteiger partial charge in [0.15, 0.2) is 11.5 Å². The average Bonchev–Trinajstić information content (AvgIpc) is 2.39. The second kappa shape index (κ2) is 6.91. The number of aliphatic hydroxyl groups is 1. The Morgan fingerprint density at radius 1 is 1.28 bits per heavy atom. The van der Waals surface area contributed by atoms with Gasteiger partial charge in [-0.3, -0.25) is 0 Å². The summed E-state index contributed by atoms with van der Waals surface area (Å²) in [5, 5.41) is 9.04. The Hall–Kier alpha value is -1.68. The third-order valence-corrected chi connectivity index (χ3v) is 2.48. The predicted molar refractivity (Wildman–Crippen MR) is 70.6 cm³/mol. The monoisotopic (exact) mass is 252 g/mol. The van der Waals surface area contributed by atoms with Crippen LogP contribution in [-0.2, 0) is 6.42 Å². The smallest absolute Gasteiger partial charge is 0.203 e. The summed E-state index contributed by atoms with van der Waals surface area (Å²) >= 11 is 0. The Labute approximate surface area is 108 Å². The molecule has 1 N–H and O–H groups in total. The Bertz CT molecular complexity index is 376. The van der Waals surface area contributed by atoms with Gasteiger partial charge in [-0.25, -0.2) is 0 Å². The van der Waals surface area contributed by atoms with Crippen LogP contribution in [0.1, 0.15) is 12.5 Å². The van der Waals surface area contributed by atoms with Crippen LogP contribution < -0.4 is 14.2 Å². The molecule has 0 aliphatic heterocycles. The Morgan fingerprint density at radius 2 is 1.83 bits per heavy atom. The second-order valence-corrected chi connectivity index (χ2v) is 3.93. The van der Waals surface area contributed by atoms with E-state index in [9.17, 15) is 0 Å². The molecule has 0 heterocycles. The van der Waals surface area contributed by atoms with Crippen molar-refractivity contribution < 1.29 is 19.3 Å². The number of methoxy groups -OCH3 is 2. The Kier molecular flexibility index (Phi) is 5.52. The minimum Gasteiger partial charge on any atom is -0.493 e. The van der Waals surface area contributed by atoms with E-state index in [2.05, 4.69) is 6.58 Å². The van der Waals surface area contributed by atoms with Crippen molar-refractivity contribution in [1.82, 2.24) is 0 Å². The van der Waals surface area contributed by atoms with Crippen molar-refractivity contribution in [1.29, 1.82) is 0 Å². The average molecular weight is 252 g/mol. The first kappa shape index (κ1) is 14.4. The van der Waals surface area contributed by atoms with Gasteiger partial charge in [-0.05, 0) is 31.0 Å². The van der Waals surface area contributed by atoms with Gasteiger partial charge in [-0.2, -0.15) is 0 Å². The lowest BCUT2D eigenvalue weighted by Crippen LogP contribution is -2.17. The highest BCUT2D eigenvalue weighted by molar-refractivity contribution is 5.54. The molecule has 4 heteroatoms. The van der Waals surface area contributed by atoms with Gasteiger partial charge >= 0.3 is 0 Å². The molecule has 100 valence electrons. The summed E-state index contributed by atoms with van der Waals surface area (Å²) in [6.45, 7) is 5.41. The van der Waals surface area contributed by atoms with Crippen molar-refractivity contribution in [3.63, 3.8) is 0 Å². The van der Waals surface area contributed by atoms with E-state index in [1.54, 1.807) is 21.1 Å². The molecule has 0 bridgehead atoms. The Morgan fingerprint density at radius 3 is 2.22 bits per heavy atom. The van der Waals surface area contributed by atoms with E-state index in [-0.39, 0.29) is 12.7 Å². The van der Waals surface area contributed by atoms with Crippen molar-refractivity contribution in [3.8, 4) is 17.2 Å². The molecule has 0 saturated carbocycles. The number of hydrogen-bond donors (Lipinski definition) is 1. The molecule has 0 amide bonds. The third kappa shape index (κ3) is 3.40. The molecular weight excluding hydrogens is 232 g/mol. The van der Waals surface area contributed by atoms with E-state index < -0.39 is 0 Å². The summed E-state index contributed by atoms with van der Waals surface area (Å²) in [4.78, 5) is 0. The van der Waals surface area contributed by atoms with Crippen molar-refractivity contribution in [2.24, 2.45) is 0 Å². The maximum Gasteiger partial charge on any atom is 0.203 e. The molecule has 0 radical (unpaired) electrons. The molecule has 4 nitrogen and oxygen atoms in total. The van der Waals surface area contributed by atoms with Crippen molar-refractivity contribution in [2.75, 3.05) is 20.8 Å². The standard InChI is InChI=1S/C14H20O4/c1-5-6-11-7-12(16-3)14(13(8-11)17-4)18-10(2)9-15/h5,7-8,10,15H,1,6,9H2,2-4H3. The molecule has 18 heavy (non-hydrogen) atoms. The molecule has 0 aliphatic rings. The van der Waals surface area contributed by atoms with Gasteiger partial charge in [0.25, 0.3) is 0 Å². The first-order valence-corrected chi connectivity index (χ1v) is 5.79. The summed E-state index contributed by atoms with van der Waals surface area (Å²) in [6.07, 6.45) is 2.21. The van der Waals surface area contributed by atoms with Gasteiger partial charge in [0.2, 0.25) is 5.75 Å². The van der Waals surface area contributed by atoms with E-state index in [1.807, 2.05) is 18.2 Å². The number of ether oxygens (including phenoxy) is 3. The lowest BCUT2D eigenvalue weighted by Gasteiger charge is -2.18. The number of aliphatic hydroxyl groups excluding tert-OH is 1. The molecule has 1 unspecified atom stereocenters. The van der Waals surface area contributed by atoms with Crippen molar-refractivity contribution in [2.45, 2.75) is 19.4 Å². The zero-order chi connectivity index (χ0) is 13.5. The van der Waals surface area contributed by atoms with Crippen LogP contribution in [0.25, 0.3) is 0 Å². The molecule has 1 aromatic rings. The van der Waals surface area contributed by atoms with E-state index in [4.69, 9.17) is 19.3 Å². The lowest BCUT2D eigenvalue weighted by atomic mass is 10.1. The lowest BCUT2D eigenvalue weighted by molar-refractivity contribution is 0.122. The summed E-state index contributed by atoms with van der Waals surface area (Å²) in [5.41, 5.74) is 1.03. The first-order valence-electron chi connectivity index (χ1n) is 5.79. The van der Waals surface area contributed by atoms with Crippen LogP contribution in [0.5, 0.6) is 17.2 Å². The largest absolute Gasteiger partial charge is 0.493 e. The molecule has 1 aromatic carbocycles. The van der Waals surface area contributed by atoms with E-state index in [0.29, 0.717) is 17.2 Å². The third-order valence-electron chi connectivity index (χ3n) is 2.48. The van der Waals surface area contributed by atoms with Gasteiger partial charge in [0, 0.05) is 0 Å². The fourth-order valence-electron chi connectivity index (χ4n) is 1.57. The number of benzene rings is 1. The van der Waals surface area contributed by atoms with Crippen LogP contribution >= 0.6 is 0 Å². The van der Waals surface area contributed by atoms with Gasteiger partial charge in [0.05, 0.1) is 20.8 Å². The van der Waals surface area contributed by atoms with E-state index >= 15 is 0 Å². The fourth-order valence-corrected chi connectivity index (χ4v) is 1.57. The van der Waals surface area contributed by atoms with Gasteiger partial charge in [-0.1, -0.05) is 6.08 Å². The number of allylic oxidation sites excluding steroid dienone is 1. The van der Waals surface area contributed by atoms with Gasteiger partial charge < -0.3 is 19.3 Å². The first-order chi connectivity index (χ1) is 8.65. The minimum atomic E-state index is -0.321. The molecule has 0 aliphatic carbocycles. The van der Waals surface area contributed by atoms with Crippen LogP contribution in [-0.4, -0.2) is 32.0 Å². The molecule has 0 aromatic heterocycles. The zero-order valence-corrected chi connectivity index (χ0v) is 11.1. The minimum absolute atomic E-state index is 0.0687. The SMILES string of the molecule is C=CCc1cc(OC)c(OC(C)CO)c(OC)c1. The maximum absolute atomic E-state index is 9.04. The van der Waals surface area contributed by atoms with E-state index in [1.165, 1.54) is 0 Å². The number of rotatable bonds is 7. The Balaban J connectivity index is 3.16. The normalized spacial score (nSPS) is 11.8. The molecule has 0 spiro atoms. The number of hydrogen-bond acceptors (Lipinski definition) is 4. The maximum atomic E-state index is 9.04. The quantitative estimate of drug-likeness (QED) is 0.756. The van der Waals surface area contributed by atoms with Crippen LogP contribution in [0.15, 0.2) is 24.8 Å². The molecule has 1 rings (SSSR count). The predicted octanol–water partition coefficient (Wildman–Crippen LogP) is 2.19. The van der Waals surface area contributed by atoms with Gasteiger partial charge in [0.1, 0.15) is 6.10 Å². The molecule has 1 atom stereocenters. The van der Waals surface area contributed by atoms with Crippen LogP contribution in [0.3, 0.4) is 0 Å². The summed E-state index contributed by atoms with van der Waals surface area (Å²) in [7, 11) is 3.14. The highest BCUT2D eigenvalue weighted by Gasteiger charge is 2.16. The highest BCUT2D eigenvalue weighted by Crippen LogP contribution is 2.39. The van der Waals surface area contributed by atoms with Crippen molar-refractivity contribution >= 4 is 0 Å². The molecular formula is C14H20O4. The second-order valence-electron chi connectivity index (χ2n) is 3.93. The summed E-state index contributed by atoms with van der Waals surface area (Å²) < 4.78 is 16.2. The highest BCUT2D eigenvalue weighted by atomic mass is 16.5. The molecule has 0 saturated heterocycles. The summed E-state index contributed by atoms with van der Waals surface area (Å²) in [6, 6.07) is 3.76.